The minimum Gasteiger partial charge on any atom is -0.381 e. The van der Waals surface area contributed by atoms with Crippen LogP contribution in [0.25, 0.3) is 0 Å². The molecule has 1 aromatic carbocycles. The lowest BCUT2D eigenvalue weighted by Crippen LogP contribution is -2.41. The van der Waals surface area contributed by atoms with E-state index in [1.54, 1.807) is 19.2 Å². The number of rotatable bonds is 6. The van der Waals surface area contributed by atoms with Crippen LogP contribution in [-0.2, 0) is 21.3 Å². The predicted molar refractivity (Wildman–Crippen MR) is 96.7 cm³/mol. The number of nitrogens with one attached hydrogen (secondary N) is 2. The lowest BCUT2D eigenvalue weighted by atomic mass is 10.1. The van der Waals surface area contributed by atoms with Crippen LogP contribution in [0.5, 0.6) is 0 Å². The molecule has 0 spiro atoms. The van der Waals surface area contributed by atoms with Crippen molar-refractivity contribution in [3.05, 3.63) is 29.8 Å². The van der Waals surface area contributed by atoms with E-state index in [0.717, 1.165) is 44.0 Å². The molecule has 24 heavy (non-hydrogen) atoms. The number of sulfonamides is 1. The Morgan fingerprint density at radius 2 is 2.08 bits per heavy atom. The number of anilines is 1. The first kappa shape index (κ1) is 18.5. The molecule has 0 saturated carbocycles. The van der Waals surface area contributed by atoms with Gasteiger partial charge in [0.2, 0.25) is 10.0 Å². The van der Waals surface area contributed by atoms with Crippen LogP contribution in [0.2, 0.25) is 0 Å². The summed E-state index contributed by atoms with van der Waals surface area (Å²) in [7, 11) is 0.543. The van der Waals surface area contributed by atoms with Crippen molar-refractivity contribution < 1.29 is 13.2 Å². The Labute approximate surface area is 144 Å². The van der Waals surface area contributed by atoms with Crippen molar-refractivity contribution in [1.82, 2.24) is 10.2 Å². The maximum absolute atomic E-state index is 11.2. The molecule has 1 saturated heterocycles. The zero-order chi connectivity index (χ0) is 17.6. The van der Waals surface area contributed by atoms with Crippen molar-refractivity contribution >= 4 is 21.7 Å². The number of hydrogen-bond acceptors (Lipinski definition) is 4. The molecule has 8 heteroatoms. The van der Waals surface area contributed by atoms with Crippen molar-refractivity contribution in [2.75, 3.05) is 44.8 Å². The van der Waals surface area contributed by atoms with Gasteiger partial charge in [0.15, 0.2) is 5.96 Å². The van der Waals surface area contributed by atoms with Gasteiger partial charge in [-0.05, 0) is 24.1 Å². The molecule has 134 valence electrons. The van der Waals surface area contributed by atoms with E-state index in [1.807, 2.05) is 19.2 Å². The highest BCUT2D eigenvalue weighted by Crippen LogP contribution is 2.14. The third-order valence-corrected chi connectivity index (χ3v) is 4.44. The summed E-state index contributed by atoms with van der Waals surface area (Å²) >= 11 is 0. The van der Waals surface area contributed by atoms with Gasteiger partial charge in [-0.15, -0.1) is 0 Å². The molecule has 2 N–H and O–H groups in total. The Hall–Kier alpha value is -1.80. The maximum atomic E-state index is 11.2. The standard InChI is InChI=1S/C16H26N4O3S/c1-17-16(20(2)11-14-8-9-23-12-14)18-10-13-4-6-15(7-5-13)19-24(3,21)22/h4-7,14,19H,8-12H2,1-3H3,(H,17,18). The Kier molecular flexibility index (Phi) is 6.44. The van der Waals surface area contributed by atoms with Gasteiger partial charge in [0.25, 0.3) is 0 Å². The summed E-state index contributed by atoms with van der Waals surface area (Å²) in [6.07, 6.45) is 2.23. The predicted octanol–water partition coefficient (Wildman–Crippen LogP) is 1.10. The van der Waals surface area contributed by atoms with E-state index in [4.69, 9.17) is 4.74 Å². The lowest BCUT2D eigenvalue weighted by Gasteiger charge is -2.24. The maximum Gasteiger partial charge on any atom is 0.229 e. The zero-order valence-corrected chi connectivity index (χ0v) is 15.3. The van der Waals surface area contributed by atoms with E-state index >= 15 is 0 Å². The van der Waals surface area contributed by atoms with Gasteiger partial charge in [0, 0.05) is 45.4 Å². The summed E-state index contributed by atoms with van der Waals surface area (Å²) in [5, 5.41) is 3.32. The average molecular weight is 354 g/mol. The fraction of sp³-hybridized carbons (Fsp3) is 0.562. The van der Waals surface area contributed by atoms with Gasteiger partial charge in [-0.1, -0.05) is 12.1 Å². The van der Waals surface area contributed by atoms with Crippen LogP contribution in [0.4, 0.5) is 5.69 Å². The van der Waals surface area contributed by atoms with Gasteiger partial charge >= 0.3 is 0 Å². The number of ether oxygens (including phenoxy) is 1. The van der Waals surface area contributed by atoms with Crippen LogP contribution in [-0.4, -0.2) is 59.4 Å². The minimum atomic E-state index is -3.24. The van der Waals surface area contributed by atoms with Gasteiger partial charge in [-0.2, -0.15) is 0 Å². The molecule has 2 rings (SSSR count). The van der Waals surface area contributed by atoms with Crippen molar-refractivity contribution in [3.63, 3.8) is 0 Å². The van der Waals surface area contributed by atoms with Gasteiger partial charge in [-0.3, -0.25) is 9.71 Å². The second-order valence-electron chi connectivity index (χ2n) is 6.08. The molecule has 1 atom stereocenters. The van der Waals surface area contributed by atoms with Gasteiger partial charge < -0.3 is 15.0 Å². The fourth-order valence-corrected chi connectivity index (χ4v) is 3.24. The largest absolute Gasteiger partial charge is 0.381 e. The van der Waals surface area contributed by atoms with Crippen LogP contribution in [0.1, 0.15) is 12.0 Å². The molecule has 7 nitrogen and oxygen atoms in total. The summed E-state index contributed by atoms with van der Waals surface area (Å²) in [5.41, 5.74) is 1.61. The molecule has 1 aliphatic heterocycles. The summed E-state index contributed by atoms with van der Waals surface area (Å²) in [4.78, 5) is 6.42. The molecule has 1 aromatic rings. The van der Waals surface area contributed by atoms with Crippen LogP contribution in [0.15, 0.2) is 29.3 Å². The monoisotopic (exact) mass is 354 g/mol. The third kappa shape index (κ3) is 6.01. The topological polar surface area (TPSA) is 83.0 Å². The molecule has 0 amide bonds. The molecule has 1 aliphatic rings. The fourth-order valence-electron chi connectivity index (χ4n) is 2.67. The Bertz CT molecular complexity index is 652. The Morgan fingerprint density at radius 1 is 1.38 bits per heavy atom. The third-order valence-electron chi connectivity index (χ3n) is 3.84. The van der Waals surface area contributed by atoms with E-state index in [9.17, 15) is 8.42 Å². The second kappa shape index (κ2) is 8.34. The summed E-state index contributed by atoms with van der Waals surface area (Å²) in [6, 6.07) is 7.28. The summed E-state index contributed by atoms with van der Waals surface area (Å²) < 4.78 is 30.3. The highest BCUT2D eigenvalue weighted by molar-refractivity contribution is 7.92. The van der Waals surface area contributed by atoms with E-state index in [1.165, 1.54) is 0 Å². The smallest absolute Gasteiger partial charge is 0.229 e. The van der Waals surface area contributed by atoms with Crippen molar-refractivity contribution in [3.8, 4) is 0 Å². The van der Waals surface area contributed by atoms with Crippen molar-refractivity contribution in [2.24, 2.45) is 10.9 Å². The molecular formula is C16H26N4O3S. The number of aliphatic imine (C=N–C) groups is 1. The first-order chi connectivity index (χ1) is 11.4. The first-order valence-electron chi connectivity index (χ1n) is 7.93. The van der Waals surface area contributed by atoms with E-state index < -0.39 is 10.0 Å². The highest BCUT2D eigenvalue weighted by atomic mass is 32.2. The Balaban J connectivity index is 1.86. The Morgan fingerprint density at radius 3 is 2.62 bits per heavy atom. The van der Waals surface area contributed by atoms with Crippen molar-refractivity contribution in [2.45, 2.75) is 13.0 Å². The number of guanidine groups is 1. The van der Waals surface area contributed by atoms with E-state index in [-0.39, 0.29) is 0 Å². The first-order valence-corrected chi connectivity index (χ1v) is 9.83. The molecule has 1 heterocycles. The van der Waals surface area contributed by atoms with Crippen molar-refractivity contribution in [1.29, 1.82) is 0 Å². The molecule has 0 radical (unpaired) electrons. The lowest BCUT2D eigenvalue weighted by molar-refractivity contribution is 0.181. The number of benzene rings is 1. The second-order valence-corrected chi connectivity index (χ2v) is 7.83. The molecule has 0 bridgehead atoms. The molecule has 1 unspecified atom stereocenters. The average Bonchev–Trinajstić information content (AvgIpc) is 3.01. The van der Waals surface area contributed by atoms with E-state index in [0.29, 0.717) is 18.2 Å². The van der Waals surface area contributed by atoms with Gasteiger partial charge in [0.1, 0.15) is 0 Å². The normalized spacial score (nSPS) is 18.5. The van der Waals surface area contributed by atoms with Gasteiger partial charge in [-0.25, -0.2) is 8.42 Å². The summed E-state index contributed by atoms with van der Waals surface area (Å²) in [5.74, 6) is 1.38. The van der Waals surface area contributed by atoms with Crippen LogP contribution < -0.4 is 10.0 Å². The van der Waals surface area contributed by atoms with E-state index in [2.05, 4.69) is 19.9 Å². The molecule has 0 aliphatic carbocycles. The quantitative estimate of drug-likeness (QED) is 0.590. The number of hydrogen-bond donors (Lipinski definition) is 2. The molecule has 1 fully saturated rings. The van der Waals surface area contributed by atoms with Crippen LogP contribution >= 0.6 is 0 Å². The summed E-state index contributed by atoms with van der Waals surface area (Å²) in [6.45, 7) is 3.20. The van der Waals surface area contributed by atoms with Crippen LogP contribution in [0.3, 0.4) is 0 Å². The molecular weight excluding hydrogens is 328 g/mol. The highest BCUT2D eigenvalue weighted by Gasteiger charge is 2.18. The number of nitrogens with zero attached hydrogens (tertiary/aromatic N) is 2. The van der Waals surface area contributed by atoms with Gasteiger partial charge in [0.05, 0.1) is 12.9 Å². The SMILES string of the molecule is CN=C(NCc1ccc(NS(C)(=O)=O)cc1)N(C)CC1CCOC1. The minimum absolute atomic E-state index is 0.551. The zero-order valence-electron chi connectivity index (χ0n) is 14.4. The van der Waals surface area contributed by atoms with Crippen LogP contribution in [0, 0.1) is 5.92 Å². The molecule has 0 aromatic heterocycles.